The third kappa shape index (κ3) is 2.70. The minimum atomic E-state index is -0.467. The van der Waals surface area contributed by atoms with Crippen molar-refractivity contribution in [3.05, 3.63) is 42.6 Å². The van der Waals surface area contributed by atoms with Gasteiger partial charge in [0.2, 0.25) is 5.91 Å². The maximum atomic E-state index is 11.7. The number of nitrogens with one attached hydrogen (secondary N) is 1. The number of rotatable bonds is 3. The lowest BCUT2D eigenvalue weighted by atomic mass is 10.1. The molecule has 1 fully saturated rings. The SMILES string of the molecule is C[C@H]1CNC(=O)[C@H](Cc2cn(-c3ccccn3)cn2)O1. The van der Waals surface area contributed by atoms with Crippen LogP contribution < -0.4 is 5.32 Å². The van der Waals surface area contributed by atoms with Crippen LogP contribution >= 0.6 is 0 Å². The molecule has 0 saturated carbocycles. The molecule has 0 aliphatic carbocycles. The topological polar surface area (TPSA) is 69.0 Å². The Hall–Kier alpha value is -2.21. The molecule has 2 aromatic rings. The minimum Gasteiger partial charge on any atom is -0.363 e. The number of morpholine rings is 1. The summed E-state index contributed by atoms with van der Waals surface area (Å²) >= 11 is 0. The van der Waals surface area contributed by atoms with Gasteiger partial charge in [0.05, 0.1) is 11.8 Å². The summed E-state index contributed by atoms with van der Waals surface area (Å²) in [7, 11) is 0. The Bertz CT molecular complexity index is 596. The summed E-state index contributed by atoms with van der Waals surface area (Å²) < 4.78 is 7.47. The molecule has 6 heteroatoms. The van der Waals surface area contributed by atoms with Crippen LogP contribution in [0.2, 0.25) is 0 Å². The Labute approximate surface area is 116 Å². The van der Waals surface area contributed by atoms with E-state index in [1.807, 2.05) is 35.9 Å². The lowest BCUT2D eigenvalue weighted by molar-refractivity contribution is -0.143. The van der Waals surface area contributed by atoms with Crippen molar-refractivity contribution >= 4 is 5.91 Å². The zero-order valence-electron chi connectivity index (χ0n) is 11.2. The van der Waals surface area contributed by atoms with Crippen LogP contribution in [-0.2, 0) is 16.0 Å². The smallest absolute Gasteiger partial charge is 0.249 e. The van der Waals surface area contributed by atoms with Gasteiger partial charge in [0.25, 0.3) is 0 Å². The molecule has 0 spiro atoms. The molecule has 1 aliphatic heterocycles. The number of hydrogen-bond acceptors (Lipinski definition) is 4. The molecule has 0 aromatic carbocycles. The molecule has 0 radical (unpaired) electrons. The quantitative estimate of drug-likeness (QED) is 0.893. The highest BCUT2D eigenvalue weighted by Crippen LogP contribution is 2.12. The summed E-state index contributed by atoms with van der Waals surface area (Å²) in [5.74, 6) is 0.726. The zero-order valence-corrected chi connectivity index (χ0v) is 11.2. The molecular formula is C14H16N4O2. The number of carbonyl (C=O) groups excluding carboxylic acids is 1. The maximum Gasteiger partial charge on any atom is 0.249 e. The predicted octanol–water partition coefficient (Wildman–Crippen LogP) is 0.713. The lowest BCUT2D eigenvalue weighted by Crippen LogP contribution is -2.49. The Balaban J connectivity index is 1.73. The Morgan fingerprint density at radius 2 is 2.35 bits per heavy atom. The van der Waals surface area contributed by atoms with Crippen LogP contribution in [0.4, 0.5) is 0 Å². The highest BCUT2D eigenvalue weighted by molar-refractivity contribution is 5.81. The van der Waals surface area contributed by atoms with Crippen molar-refractivity contribution in [3.63, 3.8) is 0 Å². The van der Waals surface area contributed by atoms with E-state index in [1.54, 1.807) is 12.5 Å². The largest absolute Gasteiger partial charge is 0.363 e. The van der Waals surface area contributed by atoms with Crippen molar-refractivity contribution in [1.82, 2.24) is 19.9 Å². The molecule has 3 heterocycles. The van der Waals surface area contributed by atoms with E-state index in [2.05, 4.69) is 15.3 Å². The summed E-state index contributed by atoms with van der Waals surface area (Å²) in [4.78, 5) is 20.3. The second-order valence-electron chi connectivity index (χ2n) is 4.84. The molecule has 1 amide bonds. The van der Waals surface area contributed by atoms with E-state index >= 15 is 0 Å². The molecule has 1 saturated heterocycles. The third-order valence-electron chi connectivity index (χ3n) is 3.20. The second kappa shape index (κ2) is 5.42. The van der Waals surface area contributed by atoms with E-state index in [1.165, 1.54) is 0 Å². The first-order chi connectivity index (χ1) is 9.72. The van der Waals surface area contributed by atoms with E-state index in [0.717, 1.165) is 11.5 Å². The number of carbonyl (C=O) groups is 1. The first-order valence-corrected chi connectivity index (χ1v) is 6.60. The van der Waals surface area contributed by atoms with Crippen LogP contribution in [0.3, 0.4) is 0 Å². The fourth-order valence-corrected chi connectivity index (χ4v) is 2.18. The highest BCUT2D eigenvalue weighted by Gasteiger charge is 2.27. The van der Waals surface area contributed by atoms with Crippen LogP contribution in [0.5, 0.6) is 0 Å². The molecule has 20 heavy (non-hydrogen) atoms. The first kappa shape index (κ1) is 12.8. The maximum absolute atomic E-state index is 11.7. The summed E-state index contributed by atoms with van der Waals surface area (Å²) in [6, 6.07) is 5.68. The van der Waals surface area contributed by atoms with Gasteiger partial charge in [0, 0.05) is 25.4 Å². The summed E-state index contributed by atoms with van der Waals surface area (Å²) in [5, 5.41) is 2.83. The number of ether oxygens (including phenoxy) is 1. The zero-order chi connectivity index (χ0) is 13.9. The standard InChI is InChI=1S/C14H16N4O2/c1-10-7-16-14(19)12(20-10)6-11-8-18(9-17-11)13-4-2-3-5-15-13/h2-5,8-10,12H,6-7H2,1H3,(H,16,19)/t10-,12-/m0/s1. The molecule has 6 nitrogen and oxygen atoms in total. The average molecular weight is 272 g/mol. The number of hydrogen-bond donors (Lipinski definition) is 1. The minimum absolute atomic E-state index is 0.0376. The van der Waals surface area contributed by atoms with Gasteiger partial charge in [-0.05, 0) is 19.1 Å². The van der Waals surface area contributed by atoms with Gasteiger partial charge in [-0.25, -0.2) is 9.97 Å². The predicted molar refractivity (Wildman–Crippen MR) is 72.4 cm³/mol. The number of aromatic nitrogens is 3. The van der Waals surface area contributed by atoms with E-state index in [-0.39, 0.29) is 12.0 Å². The van der Waals surface area contributed by atoms with E-state index < -0.39 is 6.10 Å². The van der Waals surface area contributed by atoms with Crippen LogP contribution in [-0.4, -0.2) is 39.2 Å². The molecule has 2 aromatic heterocycles. The van der Waals surface area contributed by atoms with Gasteiger partial charge in [0.15, 0.2) is 0 Å². The number of nitrogens with zero attached hydrogens (tertiary/aromatic N) is 3. The molecule has 0 bridgehead atoms. The number of imidazole rings is 1. The van der Waals surface area contributed by atoms with E-state index in [4.69, 9.17) is 4.74 Å². The lowest BCUT2D eigenvalue weighted by Gasteiger charge is -2.27. The molecular weight excluding hydrogens is 256 g/mol. The Morgan fingerprint density at radius 3 is 3.15 bits per heavy atom. The van der Waals surface area contributed by atoms with Crippen molar-refractivity contribution in [2.24, 2.45) is 0 Å². The van der Waals surface area contributed by atoms with E-state index in [0.29, 0.717) is 13.0 Å². The summed E-state index contributed by atoms with van der Waals surface area (Å²) in [5.41, 5.74) is 0.810. The Kier molecular flexibility index (Phi) is 3.47. The molecule has 1 aliphatic rings. The van der Waals surface area contributed by atoms with Crippen LogP contribution in [0.25, 0.3) is 5.82 Å². The van der Waals surface area contributed by atoms with Crippen molar-refractivity contribution in [2.45, 2.75) is 25.6 Å². The second-order valence-corrected chi connectivity index (χ2v) is 4.84. The van der Waals surface area contributed by atoms with Gasteiger partial charge in [-0.3, -0.25) is 9.36 Å². The van der Waals surface area contributed by atoms with Crippen molar-refractivity contribution < 1.29 is 9.53 Å². The summed E-state index contributed by atoms with van der Waals surface area (Å²) in [6.45, 7) is 2.51. The van der Waals surface area contributed by atoms with Crippen molar-refractivity contribution in [2.75, 3.05) is 6.54 Å². The van der Waals surface area contributed by atoms with Gasteiger partial charge < -0.3 is 10.1 Å². The normalized spacial score (nSPS) is 22.6. The average Bonchev–Trinajstić information content (AvgIpc) is 2.92. The van der Waals surface area contributed by atoms with Gasteiger partial charge in [0.1, 0.15) is 18.2 Å². The first-order valence-electron chi connectivity index (χ1n) is 6.60. The van der Waals surface area contributed by atoms with Gasteiger partial charge in [-0.2, -0.15) is 0 Å². The molecule has 0 unspecified atom stereocenters. The van der Waals surface area contributed by atoms with Gasteiger partial charge in [-0.15, -0.1) is 0 Å². The number of pyridine rings is 1. The van der Waals surface area contributed by atoms with Gasteiger partial charge in [-0.1, -0.05) is 6.07 Å². The molecule has 104 valence electrons. The third-order valence-corrected chi connectivity index (χ3v) is 3.20. The fourth-order valence-electron chi connectivity index (χ4n) is 2.18. The van der Waals surface area contributed by atoms with Crippen LogP contribution in [0.1, 0.15) is 12.6 Å². The van der Waals surface area contributed by atoms with E-state index in [9.17, 15) is 4.79 Å². The monoisotopic (exact) mass is 272 g/mol. The molecule has 2 atom stereocenters. The fraction of sp³-hybridized carbons (Fsp3) is 0.357. The van der Waals surface area contributed by atoms with Crippen LogP contribution in [0, 0.1) is 0 Å². The van der Waals surface area contributed by atoms with Crippen molar-refractivity contribution in [1.29, 1.82) is 0 Å². The highest BCUT2D eigenvalue weighted by atomic mass is 16.5. The van der Waals surface area contributed by atoms with Crippen molar-refractivity contribution in [3.8, 4) is 5.82 Å². The van der Waals surface area contributed by atoms with Crippen LogP contribution in [0.15, 0.2) is 36.9 Å². The molecule has 3 rings (SSSR count). The molecule has 1 N–H and O–H groups in total. The van der Waals surface area contributed by atoms with Gasteiger partial charge >= 0.3 is 0 Å². The Morgan fingerprint density at radius 1 is 1.45 bits per heavy atom. The number of amides is 1. The summed E-state index contributed by atoms with van der Waals surface area (Å²) in [6.07, 6.45) is 5.34.